The number of thiazole rings is 1. The lowest BCUT2D eigenvalue weighted by Gasteiger charge is -2.15. The number of nitrogens with zero attached hydrogens (tertiary/aromatic N) is 3. The molecule has 1 aliphatic rings. The number of anilines is 1. The minimum Gasteiger partial charge on any atom is -0.268 e. The molecule has 4 nitrogen and oxygen atoms in total. The Morgan fingerprint density at radius 3 is 2.46 bits per heavy atom. The van der Waals surface area contributed by atoms with E-state index in [2.05, 4.69) is 9.98 Å². The monoisotopic (exact) mass is 409 g/mol. The molecule has 28 heavy (non-hydrogen) atoms. The number of halogens is 1. The van der Waals surface area contributed by atoms with Gasteiger partial charge in [0.15, 0.2) is 5.17 Å². The van der Waals surface area contributed by atoms with Crippen LogP contribution < -0.4 is 4.90 Å². The zero-order valence-corrected chi connectivity index (χ0v) is 16.9. The molecule has 0 aliphatic carbocycles. The van der Waals surface area contributed by atoms with Gasteiger partial charge < -0.3 is 0 Å². The molecule has 0 N–H and O–H groups in total. The lowest BCUT2D eigenvalue weighted by atomic mass is 10.1. The van der Waals surface area contributed by atoms with Crippen molar-refractivity contribution in [3.63, 3.8) is 0 Å². The molecule has 1 amide bonds. The highest BCUT2D eigenvalue weighted by Gasteiger charge is 2.36. The molecule has 140 valence electrons. The molecule has 0 atom stereocenters. The Morgan fingerprint density at radius 1 is 1.11 bits per heavy atom. The minimum atomic E-state index is -0.306. The predicted octanol–water partition coefficient (Wildman–Crippen LogP) is 5.79. The molecule has 0 saturated carbocycles. The number of thioether (sulfide) groups is 1. The van der Waals surface area contributed by atoms with Crippen molar-refractivity contribution in [3.05, 3.63) is 82.0 Å². The van der Waals surface area contributed by atoms with E-state index in [9.17, 15) is 9.18 Å². The number of hydrogen-bond acceptors (Lipinski definition) is 5. The van der Waals surface area contributed by atoms with Gasteiger partial charge in [0.05, 0.1) is 16.3 Å². The van der Waals surface area contributed by atoms with Crippen LogP contribution in [0.3, 0.4) is 0 Å². The second kappa shape index (κ2) is 7.69. The Hall–Kier alpha value is -2.77. The fraction of sp³-hybridized carbons (Fsp3) is 0.0952. The molecule has 1 aromatic heterocycles. The standard InChI is InChI=1S/C21H16FN3OS2/c1-13-12-27-20(23-13)24-21-25(17-6-4-3-5-7-17)19(26)18(28-21)14(2)15-8-10-16(22)11-9-15/h3-12H,1-2H3/b18-14-,24-21+. The number of aryl methyl sites for hydroxylation is 1. The largest absolute Gasteiger partial charge is 0.271 e. The molecule has 2 aromatic carbocycles. The smallest absolute Gasteiger partial charge is 0.268 e. The van der Waals surface area contributed by atoms with Crippen molar-refractivity contribution in [1.29, 1.82) is 0 Å². The van der Waals surface area contributed by atoms with Gasteiger partial charge in [-0.05, 0) is 61.0 Å². The Balaban J connectivity index is 1.81. The summed E-state index contributed by atoms with van der Waals surface area (Å²) in [4.78, 5) is 24.5. The number of para-hydroxylation sites is 1. The van der Waals surface area contributed by atoms with Crippen LogP contribution in [0.15, 0.2) is 69.9 Å². The van der Waals surface area contributed by atoms with E-state index in [0.717, 1.165) is 22.5 Å². The van der Waals surface area contributed by atoms with E-state index in [0.29, 0.717) is 15.2 Å². The minimum absolute atomic E-state index is 0.148. The fourth-order valence-corrected chi connectivity index (χ4v) is 4.56. The summed E-state index contributed by atoms with van der Waals surface area (Å²) in [5, 5.41) is 3.09. The van der Waals surface area contributed by atoms with Gasteiger partial charge >= 0.3 is 0 Å². The van der Waals surface area contributed by atoms with Gasteiger partial charge in [-0.1, -0.05) is 30.3 Å². The van der Waals surface area contributed by atoms with Crippen molar-refractivity contribution in [1.82, 2.24) is 4.98 Å². The van der Waals surface area contributed by atoms with Gasteiger partial charge in [0, 0.05) is 5.38 Å². The molecule has 0 bridgehead atoms. The number of rotatable bonds is 3. The van der Waals surface area contributed by atoms with Crippen molar-refractivity contribution in [2.75, 3.05) is 4.90 Å². The lowest BCUT2D eigenvalue weighted by molar-refractivity contribution is -0.113. The molecule has 4 rings (SSSR count). The number of carbonyl (C=O) groups excluding carboxylic acids is 1. The predicted molar refractivity (Wildman–Crippen MR) is 114 cm³/mol. The summed E-state index contributed by atoms with van der Waals surface area (Å²) in [7, 11) is 0. The zero-order valence-electron chi connectivity index (χ0n) is 15.2. The van der Waals surface area contributed by atoms with E-state index in [-0.39, 0.29) is 11.7 Å². The molecule has 3 aromatic rings. The second-order valence-corrected chi connectivity index (χ2v) is 8.02. The number of amides is 1. The van der Waals surface area contributed by atoms with Gasteiger partial charge in [-0.3, -0.25) is 9.69 Å². The molecule has 1 aliphatic heterocycles. The summed E-state index contributed by atoms with van der Waals surface area (Å²) in [6.07, 6.45) is 0. The third kappa shape index (κ3) is 3.63. The average molecular weight is 410 g/mol. The maximum atomic E-state index is 13.3. The second-order valence-electron chi connectivity index (χ2n) is 6.21. The summed E-state index contributed by atoms with van der Waals surface area (Å²) in [6, 6.07) is 15.6. The first kappa shape index (κ1) is 18.6. The Labute approximate surface area is 170 Å². The van der Waals surface area contributed by atoms with Crippen LogP contribution in [0.5, 0.6) is 0 Å². The van der Waals surface area contributed by atoms with E-state index in [4.69, 9.17) is 0 Å². The van der Waals surface area contributed by atoms with E-state index in [1.165, 1.54) is 35.2 Å². The summed E-state index contributed by atoms with van der Waals surface area (Å²) in [5.41, 5.74) is 3.23. The highest BCUT2D eigenvalue weighted by molar-refractivity contribution is 8.19. The maximum Gasteiger partial charge on any atom is 0.271 e. The Morgan fingerprint density at radius 2 is 1.82 bits per heavy atom. The van der Waals surface area contributed by atoms with E-state index < -0.39 is 0 Å². The fourth-order valence-electron chi connectivity index (χ4n) is 2.79. The number of allylic oxidation sites excluding steroid dienone is 1. The Kier molecular flexibility index (Phi) is 5.11. The van der Waals surface area contributed by atoms with E-state index in [1.807, 2.05) is 49.6 Å². The third-order valence-electron chi connectivity index (χ3n) is 4.21. The first-order valence-corrected chi connectivity index (χ1v) is 10.3. The highest BCUT2D eigenvalue weighted by Crippen LogP contribution is 2.40. The van der Waals surface area contributed by atoms with Crippen molar-refractivity contribution in [2.45, 2.75) is 13.8 Å². The van der Waals surface area contributed by atoms with Gasteiger partial charge in [-0.25, -0.2) is 9.37 Å². The van der Waals surface area contributed by atoms with E-state index >= 15 is 0 Å². The first-order valence-electron chi connectivity index (χ1n) is 8.58. The van der Waals surface area contributed by atoms with Gasteiger partial charge in [-0.2, -0.15) is 4.99 Å². The number of amidine groups is 1. The molecular weight excluding hydrogens is 393 g/mol. The SMILES string of the molecule is C/C(=C1/S/C(=N/c2nc(C)cs2)N(c2ccccc2)C1=O)c1ccc(F)cc1. The molecule has 2 heterocycles. The molecule has 0 unspecified atom stereocenters. The average Bonchev–Trinajstić information content (AvgIpc) is 3.25. The molecule has 0 spiro atoms. The van der Waals surface area contributed by atoms with Crippen LogP contribution in [0.25, 0.3) is 5.57 Å². The summed E-state index contributed by atoms with van der Waals surface area (Å²) >= 11 is 2.75. The highest BCUT2D eigenvalue weighted by atomic mass is 32.2. The Bertz CT molecular complexity index is 1090. The van der Waals surface area contributed by atoms with Crippen molar-refractivity contribution in [3.8, 4) is 0 Å². The molecule has 0 radical (unpaired) electrons. The van der Waals surface area contributed by atoms with Crippen molar-refractivity contribution in [2.24, 2.45) is 4.99 Å². The number of carbonyl (C=O) groups is 1. The summed E-state index contributed by atoms with van der Waals surface area (Å²) in [6.45, 7) is 3.78. The summed E-state index contributed by atoms with van der Waals surface area (Å²) < 4.78 is 13.3. The van der Waals surface area contributed by atoms with Gasteiger partial charge in [0.2, 0.25) is 5.13 Å². The molecule has 1 fully saturated rings. The third-order valence-corrected chi connectivity index (χ3v) is 6.21. The molecule has 1 saturated heterocycles. The van der Waals surface area contributed by atoms with Crippen LogP contribution in [-0.2, 0) is 4.79 Å². The normalized spacial score (nSPS) is 17.5. The van der Waals surface area contributed by atoms with Crippen LogP contribution in [0, 0.1) is 12.7 Å². The van der Waals surface area contributed by atoms with Crippen LogP contribution in [0.2, 0.25) is 0 Å². The number of hydrogen-bond donors (Lipinski definition) is 0. The number of aromatic nitrogens is 1. The lowest BCUT2D eigenvalue weighted by Crippen LogP contribution is -2.28. The quantitative estimate of drug-likeness (QED) is 0.515. The van der Waals surface area contributed by atoms with Crippen LogP contribution in [-0.4, -0.2) is 16.1 Å². The number of aliphatic imine (C=N–C) groups is 1. The van der Waals surface area contributed by atoms with Crippen LogP contribution >= 0.6 is 23.1 Å². The number of benzene rings is 2. The van der Waals surface area contributed by atoms with Crippen molar-refractivity contribution < 1.29 is 9.18 Å². The topological polar surface area (TPSA) is 45.6 Å². The summed E-state index contributed by atoms with van der Waals surface area (Å²) in [5.74, 6) is -0.454. The van der Waals surface area contributed by atoms with Crippen molar-refractivity contribution >= 4 is 50.6 Å². The first-order chi connectivity index (χ1) is 13.5. The molecule has 7 heteroatoms. The van der Waals surface area contributed by atoms with Gasteiger partial charge in [-0.15, -0.1) is 11.3 Å². The van der Waals surface area contributed by atoms with Gasteiger partial charge in [0.1, 0.15) is 5.82 Å². The van der Waals surface area contributed by atoms with Crippen LogP contribution in [0.4, 0.5) is 15.2 Å². The zero-order chi connectivity index (χ0) is 19.7. The van der Waals surface area contributed by atoms with Gasteiger partial charge in [0.25, 0.3) is 5.91 Å². The van der Waals surface area contributed by atoms with Crippen LogP contribution in [0.1, 0.15) is 18.2 Å². The molecular formula is C21H16FN3OS2. The van der Waals surface area contributed by atoms with E-state index in [1.54, 1.807) is 17.0 Å². The maximum absolute atomic E-state index is 13.3.